The summed E-state index contributed by atoms with van der Waals surface area (Å²) in [5, 5.41) is 7.96. The Bertz CT molecular complexity index is 371. The molecule has 4 nitrogen and oxygen atoms in total. The van der Waals surface area contributed by atoms with Crippen LogP contribution in [-0.2, 0) is 10.0 Å². The molecule has 0 aliphatic carbocycles. The van der Waals surface area contributed by atoms with Gasteiger partial charge in [0.1, 0.15) is 0 Å². The average molecular weight is 244 g/mol. The van der Waals surface area contributed by atoms with Crippen LogP contribution >= 0.6 is 0 Å². The Morgan fingerprint density at radius 3 is 2.25 bits per heavy atom. The minimum Gasteiger partial charge on any atom is -0.211 e. The molecular weight excluding hydrogens is 224 g/mol. The van der Waals surface area contributed by atoms with Gasteiger partial charge in [0.2, 0.25) is 10.0 Å². The van der Waals surface area contributed by atoms with E-state index < -0.39 is 15.3 Å². The molecule has 0 N–H and O–H groups in total. The van der Waals surface area contributed by atoms with Crippen molar-refractivity contribution in [3.63, 3.8) is 0 Å². The third kappa shape index (κ3) is 2.74. The maximum Gasteiger partial charge on any atom is 0.230 e. The van der Waals surface area contributed by atoms with Gasteiger partial charge in [-0.15, -0.1) is 0 Å². The fourth-order valence-corrected chi connectivity index (χ4v) is 3.50. The van der Waals surface area contributed by atoms with Crippen LogP contribution in [0.3, 0.4) is 0 Å². The van der Waals surface area contributed by atoms with E-state index >= 15 is 0 Å². The number of hydrogen-bond donors (Lipinski definition) is 0. The zero-order valence-corrected chi connectivity index (χ0v) is 11.0. The highest BCUT2D eigenvalue weighted by Gasteiger charge is 2.35. The molecule has 92 valence electrons. The first-order chi connectivity index (χ1) is 7.33. The molecule has 1 aliphatic heterocycles. The van der Waals surface area contributed by atoms with Crippen molar-refractivity contribution in [1.29, 1.82) is 5.26 Å². The van der Waals surface area contributed by atoms with E-state index in [1.54, 1.807) is 6.92 Å². The van der Waals surface area contributed by atoms with Gasteiger partial charge in [0.15, 0.2) is 5.25 Å². The van der Waals surface area contributed by atoms with Gasteiger partial charge in [0, 0.05) is 13.1 Å². The zero-order chi connectivity index (χ0) is 12.4. The second-order valence-corrected chi connectivity index (χ2v) is 7.25. The Labute approximate surface area is 98.3 Å². The lowest BCUT2D eigenvalue weighted by molar-refractivity contribution is 0.195. The van der Waals surface area contributed by atoms with Crippen molar-refractivity contribution in [3.8, 4) is 6.07 Å². The highest BCUT2D eigenvalue weighted by Crippen LogP contribution is 2.31. The van der Waals surface area contributed by atoms with Crippen molar-refractivity contribution < 1.29 is 8.42 Å². The zero-order valence-electron chi connectivity index (χ0n) is 10.2. The molecule has 0 radical (unpaired) electrons. The Morgan fingerprint density at radius 1 is 1.38 bits per heavy atom. The van der Waals surface area contributed by atoms with E-state index in [2.05, 4.69) is 13.8 Å². The van der Waals surface area contributed by atoms with Crippen molar-refractivity contribution in [1.82, 2.24) is 4.31 Å². The summed E-state index contributed by atoms with van der Waals surface area (Å²) >= 11 is 0. The topological polar surface area (TPSA) is 61.2 Å². The minimum atomic E-state index is -3.40. The fraction of sp³-hybridized carbons (Fsp3) is 0.909. The lowest BCUT2D eigenvalue weighted by atomic mass is 9.83. The number of hydrogen-bond acceptors (Lipinski definition) is 3. The molecular formula is C11H20N2O2S. The third-order valence-electron chi connectivity index (χ3n) is 3.31. The molecule has 0 saturated carbocycles. The fourth-order valence-electron chi connectivity index (χ4n) is 1.89. The third-order valence-corrected chi connectivity index (χ3v) is 5.55. The van der Waals surface area contributed by atoms with Crippen LogP contribution in [0, 0.1) is 16.7 Å². The lowest BCUT2D eigenvalue weighted by Gasteiger charge is -2.36. The number of nitriles is 1. The molecule has 1 atom stereocenters. The van der Waals surface area contributed by atoms with Crippen molar-refractivity contribution in [2.45, 2.75) is 45.3 Å². The number of rotatable bonds is 3. The Balaban J connectivity index is 2.77. The molecule has 0 aromatic carbocycles. The van der Waals surface area contributed by atoms with Gasteiger partial charge in [-0.1, -0.05) is 20.8 Å². The standard InChI is InChI=1S/C11H20N2O2S/c1-4-10(9-12)16(14,15)13-7-5-11(2,3)6-8-13/h10H,4-8H2,1-3H3. The highest BCUT2D eigenvalue weighted by molar-refractivity contribution is 7.90. The molecule has 1 rings (SSSR count). The Kier molecular flexibility index (Phi) is 3.97. The largest absolute Gasteiger partial charge is 0.230 e. The monoisotopic (exact) mass is 244 g/mol. The summed E-state index contributed by atoms with van der Waals surface area (Å²) in [7, 11) is -3.40. The van der Waals surface area contributed by atoms with Crippen molar-refractivity contribution in [2.24, 2.45) is 5.41 Å². The SMILES string of the molecule is CCC(C#N)S(=O)(=O)N1CCC(C)(C)CC1. The van der Waals surface area contributed by atoms with Crippen LogP contribution in [0.5, 0.6) is 0 Å². The summed E-state index contributed by atoms with van der Waals surface area (Å²) in [6.07, 6.45) is 2.10. The van der Waals surface area contributed by atoms with E-state index in [0.29, 0.717) is 19.5 Å². The van der Waals surface area contributed by atoms with Crippen LogP contribution in [0.2, 0.25) is 0 Å². The average Bonchev–Trinajstić information content (AvgIpc) is 2.18. The van der Waals surface area contributed by atoms with Crippen molar-refractivity contribution in [2.75, 3.05) is 13.1 Å². The van der Waals surface area contributed by atoms with Gasteiger partial charge in [0.05, 0.1) is 6.07 Å². The second kappa shape index (κ2) is 4.72. The normalized spacial score (nSPS) is 23.6. The quantitative estimate of drug-likeness (QED) is 0.759. The smallest absolute Gasteiger partial charge is 0.211 e. The molecule has 1 aliphatic rings. The lowest BCUT2D eigenvalue weighted by Crippen LogP contribution is -2.44. The van der Waals surface area contributed by atoms with E-state index in [9.17, 15) is 8.42 Å². The first-order valence-corrected chi connectivity index (χ1v) is 7.22. The summed E-state index contributed by atoms with van der Waals surface area (Å²) in [5.74, 6) is 0. The maximum atomic E-state index is 12.1. The second-order valence-electron chi connectivity index (χ2n) is 5.13. The number of nitrogens with zero attached hydrogens (tertiary/aromatic N) is 2. The van der Waals surface area contributed by atoms with Gasteiger partial charge >= 0.3 is 0 Å². The molecule has 1 fully saturated rings. The maximum absolute atomic E-state index is 12.1. The van der Waals surface area contributed by atoms with E-state index in [1.165, 1.54) is 4.31 Å². The molecule has 5 heteroatoms. The van der Waals surface area contributed by atoms with Gasteiger partial charge in [0.25, 0.3) is 0 Å². The van der Waals surface area contributed by atoms with Gasteiger partial charge in [-0.05, 0) is 24.7 Å². The molecule has 0 aromatic heterocycles. The number of sulfonamides is 1. The summed E-state index contributed by atoms with van der Waals surface area (Å²) in [6.45, 7) is 7.14. The molecule has 0 spiro atoms. The van der Waals surface area contributed by atoms with Crippen LogP contribution in [-0.4, -0.2) is 31.1 Å². The van der Waals surface area contributed by atoms with E-state index in [0.717, 1.165) is 12.8 Å². The van der Waals surface area contributed by atoms with E-state index in [-0.39, 0.29) is 5.41 Å². The van der Waals surface area contributed by atoms with Crippen LogP contribution < -0.4 is 0 Å². The van der Waals surface area contributed by atoms with Gasteiger partial charge in [-0.25, -0.2) is 12.7 Å². The van der Waals surface area contributed by atoms with Crippen LogP contribution in [0.4, 0.5) is 0 Å². The van der Waals surface area contributed by atoms with E-state index in [1.807, 2.05) is 6.07 Å². The Hall–Kier alpha value is -0.600. The summed E-state index contributed by atoms with van der Waals surface area (Å²) in [5.41, 5.74) is 0.223. The predicted octanol–water partition coefficient (Wildman–Crippen LogP) is 1.74. The van der Waals surface area contributed by atoms with Gasteiger partial charge in [-0.2, -0.15) is 5.26 Å². The van der Waals surface area contributed by atoms with Gasteiger partial charge < -0.3 is 0 Å². The summed E-state index contributed by atoms with van der Waals surface area (Å²) in [4.78, 5) is 0. The van der Waals surface area contributed by atoms with Crippen LogP contribution in [0.15, 0.2) is 0 Å². The molecule has 0 aromatic rings. The highest BCUT2D eigenvalue weighted by atomic mass is 32.2. The summed E-state index contributed by atoms with van der Waals surface area (Å²) in [6, 6.07) is 1.88. The van der Waals surface area contributed by atoms with Crippen molar-refractivity contribution in [3.05, 3.63) is 0 Å². The minimum absolute atomic E-state index is 0.223. The molecule has 1 saturated heterocycles. The van der Waals surface area contributed by atoms with Gasteiger partial charge in [-0.3, -0.25) is 0 Å². The van der Waals surface area contributed by atoms with Crippen LogP contribution in [0.1, 0.15) is 40.0 Å². The summed E-state index contributed by atoms with van der Waals surface area (Å²) < 4.78 is 25.6. The molecule has 0 amide bonds. The van der Waals surface area contributed by atoms with E-state index in [4.69, 9.17) is 5.26 Å². The number of piperidine rings is 1. The molecule has 1 unspecified atom stereocenters. The molecule has 16 heavy (non-hydrogen) atoms. The first kappa shape index (κ1) is 13.5. The molecule has 1 heterocycles. The van der Waals surface area contributed by atoms with Crippen LogP contribution in [0.25, 0.3) is 0 Å². The Morgan fingerprint density at radius 2 is 1.88 bits per heavy atom. The predicted molar refractivity (Wildman–Crippen MR) is 63.2 cm³/mol. The first-order valence-electron chi connectivity index (χ1n) is 5.72. The molecule has 0 bridgehead atoms. The van der Waals surface area contributed by atoms with Crippen molar-refractivity contribution >= 4 is 10.0 Å².